The van der Waals surface area contributed by atoms with Crippen LogP contribution in [0.15, 0.2) is 206 Å². The Hall–Kier alpha value is -7.16. The van der Waals surface area contributed by atoms with Crippen molar-refractivity contribution in [1.29, 1.82) is 0 Å². The van der Waals surface area contributed by atoms with E-state index in [4.69, 9.17) is 0 Å². The Morgan fingerprint density at radius 3 is 1.79 bits per heavy atom. The van der Waals surface area contributed by atoms with Crippen molar-refractivity contribution in [2.75, 3.05) is 4.90 Å². The predicted octanol–water partition coefficient (Wildman–Crippen LogP) is 15.0. The minimum atomic E-state index is -0.0899. The second-order valence-corrected chi connectivity index (χ2v) is 15.7. The van der Waals surface area contributed by atoms with E-state index in [0.717, 1.165) is 22.7 Å². The number of para-hydroxylation sites is 3. The van der Waals surface area contributed by atoms with Gasteiger partial charge in [-0.1, -0.05) is 159 Å². The molecule has 270 valence electrons. The van der Waals surface area contributed by atoms with Crippen LogP contribution in [0.5, 0.6) is 0 Å². The number of anilines is 3. The van der Waals surface area contributed by atoms with Gasteiger partial charge in [-0.05, 0) is 110 Å². The molecule has 1 aromatic heterocycles. The Morgan fingerprint density at radius 1 is 0.404 bits per heavy atom. The molecule has 0 fully saturated rings. The summed E-state index contributed by atoms with van der Waals surface area (Å²) in [7, 11) is 0. The molecule has 1 aliphatic rings. The van der Waals surface area contributed by atoms with Crippen LogP contribution in [0.1, 0.15) is 25.0 Å². The third-order valence-electron chi connectivity index (χ3n) is 12.2. The van der Waals surface area contributed by atoms with Crippen molar-refractivity contribution in [3.8, 4) is 39.1 Å². The second-order valence-electron chi connectivity index (χ2n) is 15.7. The van der Waals surface area contributed by atoms with E-state index in [1.165, 1.54) is 77.1 Å². The number of nitrogens with zero attached hydrogens (tertiary/aromatic N) is 2. The molecule has 2 heteroatoms. The zero-order valence-electron chi connectivity index (χ0n) is 32.0. The van der Waals surface area contributed by atoms with Crippen molar-refractivity contribution in [2.24, 2.45) is 0 Å². The summed E-state index contributed by atoms with van der Waals surface area (Å²) in [4.78, 5) is 2.45. The summed E-state index contributed by atoms with van der Waals surface area (Å²) in [5, 5.41) is 5.01. The van der Waals surface area contributed by atoms with Gasteiger partial charge in [-0.25, -0.2) is 0 Å². The van der Waals surface area contributed by atoms with Gasteiger partial charge in [0.2, 0.25) is 0 Å². The summed E-state index contributed by atoms with van der Waals surface area (Å²) in [5.74, 6) is 0. The molecule has 0 saturated heterocycles. The number of benzene rings is 9. The molecule has 0 atom stereocenters. The summed E-state index contributed by atoms with van der Waals surface area (Å²) < 4.78 is 2.39. The van der Waals surface area contributed by atoms with Crippen LogP contribution in [-0.4, -0.2) is 4.57 Å². The normalized spacial score (nSPS) is 12.9. The number of hydrogen-bond donors (Lipinski definition) is 0. The van der Waals surface area contributed by atoms with E-state index in [-0.39, 0.29) is 5.41 Å². The predicted molar refractivity (Wildman–Crippen MR) is 241 cm³/mol. The van der Waals surface area contributed by atoms with Crippen LogP contribution < -0.4 is 4.90 Å². The van der Waals surface area contributed by atoms with E-state index in [1.807, 2.05) is 0 Å². The number of fused-ring (bicyclic) bond motifs is 7. The minimum absolute atomic E-state index is 0.0899. The first-order valence-electron chi connectivity index (χ1n) is 19.9. The molecule has 9 aromatic carbocycles. The smallest absolute Gasteiger partial charge is 0.0541 e. The third-order valence-corrected chi connectivity index (χ3v) is 12.2. The maximum Gasteiger partial charge on any atom is 0.0541 e. The van der Waals surface area contributed by atoms with Gasteiger partial charge in [0.25, 0.3) is 0 Å². The Labute approximate surface area is 333 Å². The summed E-state index contributed by atoms with van der Waals surface area (Å²) in [6.07, 6.45) is 0. The summed E-state index contributed by atoms with van der Waals surface area (Å²) >= 11 is 0. The molecule has 10 aromatic rings. The van der Waals surface area contributed by atoms with Gasteiger partial charge in [-0.3, -0.25) is 0 Å². The molecular formula is C55H40N2. The lowest BCUT2D eigenvalue weighted by Crippen LogP contribution is -2.15. The first-order valence-corrected chi connectivity index (χ1v) is 19.9. The molecule has 0 bridgehead atoms. The highest BCUT2D eigenvalue weighted by molar-refractivity contribution is 6.09. The summed E-state index contributed by atoms with van der Waals surface area (Å²) in [5.41, 5.74) is 17.0. The van der Waals surface area contributed by atoms with E-state index in [2.05, 4.69) is 230 Å². The van der Waals surface area contributed by atoms with Crippen molar-refractivity contribution in [1.82, 2.24) is 4.57 Å². The van der Waals surface area contributed by atoms with Crippen LogP contribution in [0.3, 0.4) is 0 Å². The van der Waals surface area contributed by atoms with Gasteiger partial charge in [0.1, 0.15) is 0 Å². The first kappa shape index (κ1) is 33.2. The van der Waals surface area contributed by atoms with Crippen LogP contribution in [0.2, 0.25) is 0 Å². The minimum Gasteiger partial charge on any atom is -0.310 e. The lowest BCUT2D eigenvalue weighted by atomic mass is 9.82. The third kappa shape index (κ3) is 5.25. The van der Waals surface area contributed by atoms with E-state index in [1.54, 1.807) is 0 Å². The van der Waals surface area contributed by atoms with Gasteiger partial charge in [-0.15, -0.1) is 0 Å². The summed E-state index contributed by atoms with van der Waals surface area (Å²) in [6.45, 7) is 4.72. The molecular weight excluding hydrogens is 689 g/mol. The molecule has 57 heavy (non-hydrogen) atoms. The van der Waals surface area contributed by atoms with Gasteiger partial charge in [0.15, 0.2) is 0 Å². The number of rotatable bonds is 6. The highest BCUT2D eigenvalue weighted by Gasteiger charge is 2.37. The largest absolute Gasteiger partial charge is 0.310 e. The van der Waals surface area contributed by atoms with E-state index in [0.29, 0.717) is 0 Å². The van der Waals surface area contributed by atoms with E-state index < -0.39 is 0 Å². The van der Waals surface area contributed by atoms with Crippen molar-refractivity contribution in [3.63, 3.8) is 0 Å². The SMILES string of the molecule is CC1(C)c2ccccc2-c2c(-c3ccccc3N(c3ccc(-n4c5ccccc5c5ccccc54)cc3)c3cccc(-c4ccc5ccccc5c4)c3)cccc21. The molecule has 11 rings (SSSR count). The van der Waals surface area contributed by atoms with Crippen LogP contribution in [-0.2, 0) is 5.41 Å². The molecule has 0 spiro atoms. The Bertz CT molecular complexity index is 3110. The molecule has 0 radical (unpaired) electrons. The Balaban J connectivity index is 1.11. The summed E-state index contributed by atoms with van der Waals surface area (Å²) in [6, 6.07) is 75.7. The van der Waals surface area contributed by atoms with Crippen LogP contribution in [0.4, 0.5) is 17.1 Å². The first-order chi connectivity index (χ1) is 28.0. The van der Waals surface area contributed by atoms with Crippen LogP contribution >= 0.6 is 0 Å². The zero-order valence-corrected chi connectivity index (χ0v) is 32.0. The maximum atomic E-state index is 2.45. The molecule has 0 amide bonds. The maximum absolute atomic E-state index is 2.45. The van der Waals surface area contributed by atoms with Gasteiger partial charge in [0.05, 0.1) is 16.7 Å². The standard InChI is InChI=1S/C55H40N2/c1-55(2)49-24-9-5-22-48(49)54-47(23-14-25-50(54)55)46-21-8-10-26-51(46)56(43-18-13-17-39(36-43)40-30-29-37-15-3-4-16-38(37)35-40)41-31-33-42(34-32-41)57-52-27-11-6-19-44(52)45-20-7-12-28-53(45)57/h3-36H,1-2H3. The van der Waals surface area contributed by atoms with Gasteiger partial charge < -0.3 is 9.47 Å². The fourth-order valence-electron chi connectivity index (χ4n) is 9.45. The fourth-order valence-corrected chi connectivity index (χ4v) is 9.45. The van der Waals surface area contributed by atoms with Crippen LogP contribution in [0.25, 0.3) is 71.6 Å². The average Bonchev–Trinajstić information content (AvgIpc) is 3.73. The molecule has 1 heterocycles. The van der Waals surface area contributed by atoms with E-state index >= 15 is 0 Å². The van der Waals surface area contributed by atoms with Crippen molar-refractivity contribution in [2.45, 2.75) is 19.3 Å². The molecule has 0 aliphatic heterocycles. The highest BCUT2D eigenvalue weighted by Crippen LogP contribution is 2.54. The lowest BCUT2D eigenvalue weighted by molar-refractivity contribution is 0.660. The number of aromatic nitrogens is 1. The molecule has 2 nitrogen and oxygen atoms in total. The Kier molecular flexibility index (Phi) is 7.55. The van der Waals surface area contributed by atoms with Crippen molar-refractivity contribution >= 4 is 49.6 Å². The topological polar surface area (TPSA) is 8.17 Å². The molecule has 1 aliphatic carbocycles. The van der Waals surface area contributed by atoms with Crippen molar-refractivity contribution in [3.05, 3.63) is 217 Å². The molecule has 0 unspecified atom stereocenters. The van der Waals surface area contributed by atoms with Crippen molar-refractivity contribution < 1.29 is 0 Å². The van der Waals surface area contributed by atoms with E-state index in [9.17, 15) is 0 Å². The van der Waals surface area contributed by atoms with Gasteiger partial charge in [-0.2, -0.15) is 0 Å². The monoisotopic (exact) mass is 728 g/mol. The quantitative estimate of drug-likeness (QED) is 0.165. The Morgan fingerprint density at radius 2 is 1.00 bits per heavy atom. The number of hydrogen-bond acceptors (Lipinski definition) is 1. The van der Waals surface area contributed by atoms with Gasteiger partial charge >= 0.3 is 0 Å². The molecule has 0 N–H and O–H groups in total. The van der Waals surface area contributed by atoms with Crippen LogP contribution in [0, 0.1) is 0 Å². The highest BCUT2D eigenvalue weighted by atomic mass is 15.1. The molecule has 0 saturated carbocycles. The average molecular weight is 729 g/mol. The fraction of sp³-hybridized carbons (Fsp3) is 0.0545. The second kappa shape index (κ2) is 13.0. The lowest BCUT2D eigenvalue weighted by Gasteiger charge is -2.29. The zero-order chi connectivity index (χ0) is 38.1. The van der Waals surface area contributed by atoms with Gasteiger partial charge in [0, 0.05) is 38.8 Å².